The molecule has 0 unspecified atom stereocenters. The SMILES string of the molecule is CCCCCCCCCCOP(=O)(O)O.[KH]. The number of phosphoric ester groups is 1. The summed E-state index contributed by atoms with van der Waals surface area (Å²) in [5, 5.41) is 0. The zero-order valence-electron chi connectivity index (χ0n) is 9.52. The van der Waals surface area contributed by atoms with Crippen molar-refractivity contribution in [3.63, 3.8) is 0 Å². The molecule has 6 heteroatoms. The van der Waals surface area contributed by atoms with E-state index in [9.17, 15) is 4.57 Å². The number of hydrogen-bond donors (Lipinski definition) is 2. The van der Waals surface area contributed by atoms with Gasteiger partial charge in [0.2, 0.25) is 0 Å². The van der Waals surface area contributed by atoms with Crippen LogP contribution in [-0.4, -0.2) is 67.8 Å². The maximum atomic E-state index is 10.3. The molecule has 94 valence electrons. The van der Waals surface area contributed by atoms with Crippen LogP contribution in [-0.2, 0) is 9.09 Å². The van der Waals surface area contributed by atoms with E-state index in [2.05, 4.69) is 11.4 Å². The summed E-state index contributed by atoms with van der Waals surface area (Å²) in [6.45, 7) is 2.36. The fraction of sp³-hybridized carbons (Fsp3) is 1.00. The number of rotatable bonds is 10. The predicted octanol–water partition coefficient (Wildman–Crippen LogP) is 2.59. The van der Waals surface area contributed by atoms with E-state index >= 15 is 0 Å². The Bertz CT molecular complexity index is 184. The first kappa shape index (κ1) is 20.1. The number of phosphoric acid groups is 1. The van der Waals surface area contributed by atoms with Crippen LogP contribution >= 0.6 is 7.82 Å². The molecule has 0 fully saturated rings. The summed E-state index contributed by atoms with van der Waals surface area (Å²) in [6.07, 6.45) is 9.22. The zero-order chi connectivity index (χ0) is 11.6. The standard InChI is InChI=1S/C10H23O4P.K.H/c1-2-3-4-5-6-7-8-9-10-14-15(11,12)13;;/h2-10H2,1H3,(H2,11,12,13);;. The molecule has 2 N–H and O–H groups in total. The van der Waals surface area contributed by atoms with E-state index in [-0.39, 0.29) is 58.0 Å². The zero-order valence-corrected chi connectivity index (χ0v) is 10.4. The molecular weight excluding hydrogens is 254 g/mol. The third kappa shape index (κ3) is 18.1. The van der Waals surface area contributed by atoms with Gasteiger partial charge in [-0.1, -0.05) is 51.9 Å². The summed E-state index contributed by atoms with van der Waals surface area (Å²) < 4.78 is 14.7. The van der Waals surface area contributed by atoms with E-state index in [4.69, 9.17) is 9.79 Å². The molecule has 0 bridgehead atoms. The van der Waals surface area contributed by atoms with E-state index in [1.165, 1.54) is 32.1 Å². The Balaban J connectivity index is 0. The van der Waals surface area contributed by atoms with Gasteiger partial charge < -0.3 is 9.79 Å². The van der Waals surface area contributed by atoms with Gasteiger partial charge in [0.1, 0.15) is 0 Å². The predicted molar refractivity (Wildman–Crippen MR) is 67.8 cm³/mol. The average molecular weight is 278 g/mol. The van der Waals surface area contributed by atoms with Crippen LogP contribution in [0.3, 0.4) is 0 Å². The van der Waals surface area contributed by atoms with Gasteiger partial charge in [-0.05, 0) is 6.42 Å². The van der Waals surface area contributed by atoms with Crippen LogP contribution in [0.15, 0.2) is 0 Å². The van der Waals surface area contributed by atoms with Crippen molar-refractivity contribution in [2.75, 3.05) is 6.61 Å². The molecule has 0 aliphatic carbocycles. The van der Waals surface area contributed by atoms with Gasteiger partial charge in [-0.25, -0.2) is 4.57 Å². The molecular formula is C10H24KO4P. The molecule has 0 heterocycles. The van der Waals surface area contributed by atoms with Crippen LogP contribution in [0.2, 0.25) is 0 Å². The molecule has 0 rings (SSSR count). The first-order valence-electron chi connectivity index (χ1n) is 5.76. The third-order valence-corrected chi connectivity index (χ3v) is 2.78. The molecule has 0 aromatic heterocycles. The quantitative estimate of drug-likeness (QED) is 0.366. The van der Waals surface area contributed by atoms with Crippen molar-refractivity contribution in [1.29, 1.82) is 0 Å². The Morgan fingerprint density at radius 3 is 1.81 bits per heavy atom. The molecule has 0 aliphatic heterocycles. The first-order chi connectivity index (χ1) is 7.06. The minimum absolute atomic E-state index is 0. The van der Waals surface area contributed by atoms with Gasteiger partial charge in [-0.15, -0.1) is 0 Å². The Morgan fingerprint density at radius 1 is 0.938 bits per heavy atom. The summed E-state index contributed by atoms with van der Waals surface area (Å²) in [4.78, 5) is 16.8. The number of hydrogen-bond acceptors (Lipinski definition) is 2. The van der Waals surface area contributed by atoms with E-state index in [1.54, 1.807) is 0 Å². The second-order valence-electron chi connectivity index (χ2n) is 3.80. The summed E-state index contributed by atoms with van der Waals surface area (Å²) in [5.41, 5.74) is 0. The molecule has 16 heavy (non-hydrogen) atoms. The van der Waals surface area contributed by atoms with Crippen LogP contribution in [0.1, 0.15) is 58.3 Å². The summed E-state index contributed by atoms with van der Waals surface area (Å²) in [7, 11) is -4.24. The van der Waals surface area contributed by atoms with Crippen molar-refractivity contribution < 1.29 is 18.9 Å². The molecule has 0 spiro atoms. The molecule has 0 aromatic carbocycles. The summed E-state index contributed by atoms with van der Waals surface area (Å²) in [6, 6.07) is 0. The Kier molecular flexibility index (Phi) is 16.5. The second-order valence-corrected chi connectivity index (χ2v) is 5.04. The fourth-order valence-electron chi connectivity index (χ4n) is 1.42. The third-order valence-electron chi connectivity index (χ3n) is 2.26. The summed E-state index contributed by atoms with van der Waals surface area (Å²) in [5.74, 6) is 0. The van der Waals surface area contributed by atoms with Crippen molar-refractivity contribution in [3.05, 3.63) is 0 Å². The van der Waals surface area contributed by atoms with Crippen molar-refractivity contribution in [1.82, 2.24) is 0 Å². The van der Waals surface area contributed by atoms with Crippen molar-refractivity contribution >= 4 is 59.2 Å². The Morgan fingerprint density at radius 2 is 1.38 bits per heavy atom. The monoisotopic (exact) mass is 278 g/mol. The van der Waals surface area contributed by atoms with Crippen LogP contribution in [0, 0.1) is 0 Å². The van der Waals surface area contributed by atoms with E-state index in [1.807, 2.05) is 0 Å². The topological polar surface area (TPSA) is 66.8 Å². The molecule has 0 atom stereocenters. The van der Waals surface area contributed by atoms with Crippen LogP contribution in [0.4, 0.5) is 0 Å². The van der Waals surface area contributed by atoms with E-state index < -0.39 is 7.82 Å². The second kappa shape index (κ2) is 13.2. The van der Waals surface area contributed by atoms with Gasteiger partial charge in [0, 0.05) is 0 Å². The van der Waals surface area contributed by atoms with Gasteiger partial charge >= 0.3 is 59.2 Å². The van der Waals surface area contributed by atoms with Crippen LogP contribution in [0.5, 0.6) is 0 Å². The molecule has 0 aromatic rings. The molecule has 0 radical (unpaired) electrons. The molecule has 0 amide bonds. The van der Waals surface area contributed by atoms with Gasteiger partial charge in [-0.2, -0.15) is 0 Å². The van der Waals surface area contributed by atoms with Crippen molar-refractivity contribution in [2.24, 2.45) is 0 Å². The molecule has 4 nitrogen and oxygen atoms in total. The molecule has 0 aliphatic rings. The Labute approximate surface area is 141 Å². The van der Waals surface area contributed by atoms with Gasteiger partial charge in [0.15, 0.2) is 0 Å². The Hall–Kier alpha value is 1.75. The summed E-state index contributed by atoms with van der Waals surface area (Å²) >= 11 is 0. The fourth-order valence-corrected chi connectivity index (χ4v) is 1.79. The van der Waals surface area contributed by atoms with E-state index in [0.717, 1.165) is 19.3 Å². The van der Waals surface area contributed by atoms with Crippen LogP contribution in [0.25, 0.3) is 0 Å². The molecule has 0 saturated carbocycles. The normalized spacial score (nSPS) is 11.2. The average Bonchev–Trinajstić information content (AvgIpc) is 2.14. The van der Waals surface area contributed by atoms with Crippen molar-refractivity contribution in [3.8, 4) is 0 Å². The van der Waals surface area contributed by atoms with E-state index in [0.29, 0.717) is 0 Å². The van der Waals surface area contributed by atoms with Gasteiger partial charge in [0.05, 0.1) is 6.61 Å². The van der Waals surface area contributed by atoms with Crippen molar-refractivity contribution in [2.45, 2.75) is 58.3 Å². The first-order valence-corrected chi connectivity index (χ1v) is 7.29. The van der Waals surface area contributed by atoms with Gasteiger partial charge in [-0.3, -0.25) is 4.52 Å². The minimum atomic E-state index is -4.24. The van der Waals surface area contributed by atoms with Gasteiger partial charge in [0.25, 0.3) is 0 Å². The maximum absolute atomic E-state index is 10.3. The molecule has 0 saturated heterocycles. The number of unbranched alkanes of at least 4 members (excludes halogenated alkanes) is 7. The van der Waals surface area contributed by atoms with Crippen LogP contribution < -0.4 is 0 Å².